The number of pyridine rings is 1. The molecule has 124 valence electrons. The van der Waals surface area contributed by atoms with E-state index in [9.17, 15) is 14.0 Å². The van der Waals surface area contributed by atoms with Crippen molar-refractivity contribution in [2.24, 2.45) is 0 Å². The second-order valence-corrected chi connectivity index (χ2v) is 6.68. The Bertz CT molecular complexity index is 1020. The molecule has 0 saturated heterocycles. The van der Waals surface area contributed by atoms with Gasteiger partial charge in [0.25, 0.3) is 11.8 Å². The summed E-state index contributed by atoms with van der Waals surface area (Å²) in [6.07, 6.45) is 1.61. The van der Waals surface area contributed by atoms with Gasteiger partial charge in [-0.3, -0.25) is 19.5 Å². The zero-order valence-electron chi connectivity index (χ0n) is 13.2. The summed E-state index contributed by atoms with van der Waals surface area (Å²) in [4.78, 5) is 30.9. The van der Waals surface area contributed by atoms with Crippen molar-refractivity contribution >= 4 is 38.5 Å². The van der Waals surface area contributed by atoms with Gasteiger partial charge in [-0.1, -0.05) is 12.1 Å². The minimum Gasteiger partial charge on any atom is -0.269 e. The van der Waals surface area contributed by atoms with Crippen molar-refractivity contribution < 1.29 is 14.0 Å². The van der Waals surface area contributed by atoms with Crippen LogP contribution in [0, 0.1) is 5.82 Å². The van der Waals surface area contributed by atoms with Crippen molar-refractivity contribution in [1.82, 2.24) is 9.88 Å². The summed E-state index contributed by atoms with van der Waals surface area (Å²) in [5.74, 6) is -1.05. The molecule has 6 heteroatoms. The summed E-state index contributed by atoms with van der Waals surface area (Å²) in [7, 11) is 0. The molecule has 0 fully saturated rings. The van der Waals surface area contributed by atoms with E-state index in [-0.39, 0.29) is 17.6 Å². The average Bonchev–Trinajstić information content (AvgIpc) is 2.87. The predicted molar refractivity (Wildman–Crippen MR) is 94.8 cm³/mol. The molecule has 0 saturated carbocycles. The highest BCUT2D eigenvalue weighted by Gasteiger charge is 2.39. The largest absolute Gasteiger partial charge is 0.269 e. The topological polar surface area (TPSA) is 50.3 Å². The fraction of sp³-hybridized carbons (Fsp3) is 0.105. The van der Waals surface area contributed by atoms with Crippen molar-refractivity contribution in [3.63, 3.8) is 0 Å². The maximum atomic E-state index is 13.6. The summed E-state index contributed by atoms with van der Waals surface area (Å²) >= 11 is 3.46. The number of benzene rings is 2. The molecule has 1 aromatic heterocycles. The van der Waals surface area contributed by atoms with E-state index < -0.39 is 6.04 Å². The first kappa shape index (κ1) is 15.9. The Kier molecular flexibility index (Phi) is 3.65. The van der Waals surface area contributed by atoms with Crippen LogP contribution in [-0.4, -0.2) is 21.7 Å². The molecule has 1 aliphatic heterocycles. The van der Waals surface area contributed by atoms with Crippen LogP contribution in [0.15, 0.2) is 53.1 Å². The van der Waals surface area contributed by atoms with Crippen molar-refractivity contribution in [2.75, 3.05) is 0 Å². The highest BCUT2D eigenvalue weighted by molar-refractivity contribution is 9.10. The van der Waals surface area contributed by atoms with Crippen molar-refractivity contribution in [2.45, 2.75) is 13.0 Å². The van der Waals surface area contributed by atoms with Crippen LogP contribution in [0.2, 0.25) is 0 Å². The molecule has 2 heterocycles. The van der Waals surface area contributed by atoms with Crippen LogP contribution in [0.3, 0.4) is 0 Å². The van der Waals surface area contributed by atoms with Gasteiger partial charge < -0.3 is 0 Å². The number of carbonyl (C=O) groups excluding carboxylic acids is 2. The molecular weight excluding hydrogens is 387 g/mol. The summed E-state index contributed by atoms with van der Waals surface area (Å²) in [6.45, 7) is 1.74. The van der Waals surface area contributed by atoms with Crippen molar-refractivity contribution in [3.8, 4) is 0 Å². The van der Waals surface area contributed by atoms with Crippen LogP contribution in [0.4, 0.5) is 4.39 Å². The number of hydrogen-bond donors (Lipinski definition) is 0. The zero-order valence-corrected chi connectivity index (χ0v) is 14.7. The summed E-state index contributed by atoms with van der Waals surface area (Å²) in [5.41, 5.74) is 1.29. The lowest BCUT2D eigenvalue weighted by molar-refractivity contribution is 0.0592. The van der Waals surface area contributed by atoms with Gasteiger partial charge in [0.2, 0.25) is 0 Å². The fourth-order valence-corrected chi connectivity index (χ4v) is 3.92. The van der Waals surface area contributed by atoms with Gasteiger partial charge in [0.15, 0.2) is 0 Å². The van der Waals surface area contributed by atoms with Crippen LogP contribution in [-0.2, 0) is 0 Å². The van der Waals surface area contributed by atoms with Crippen LogP contribution in [0.1, 0.15) is 39.4 Å². The Morgan fingerprint density at radius 3 is 2.36 bits per heavy atom. The molecule has 0 radical (unpaired) electrons. The number of halogens is 2. The molecule has 4 nitrogen and oxygen atoms in total. The third kappa shape index (κ3) is 2.36. The number of carbonyl (C=O) groups is 2. The third-order valence-corrected chi connectivity index (χ3v) is 5.26. The minimum absolute atomic E-state index is 0.346. The SMILES string of the molecule is CC(c1ncc2ccc(F)cc2c1Br)N1C(=O)c2ccccc2C1=O. The smallest absolute Gasteiger partial charge is 0.262 e. The molecular formula is C19H12BrFN2O2. The molecule has 0 N–H and O–H groups in total. The Hall–Kier alpha value is -2.60. The van der Waals surface area contributed by atoms with Gasteiger partial charge in [0, 0.05) is 21.4 Å². The number of amides is 2. The standard InChI is InChI=1S/C19H12BrFN2O2/c1-10(23-18(24)13-4-2-3-5-14(13)19(23)25)17-16(20)15-8-12(21)7-6-11(15)9-22-17/h2-10H,1H3. The Morgan fingerprint density at radius 2 is 1.72 bits per heavy atom. The van der Waals surface area contributed by atoms with E-state index >= 15 is 0 Å². The van der Waals surface area contributed by atoms with Gasteiger partial charge in [-0.25, -0.2) is 4.39 Å². The molecule has 0 aliphatic carbocycles. The van der Waals surface area contributed by atoms with E-state index in [1.165, 1.54) is 17.0 Å². The third-order valence-electron chi connectivity index (χ3n) is 4.43. The number of nitrogens with zero attached hydrogens (tertiary/aromatic N) is 2. The fourth-order valence-electron chi connectivity index (χ4n) is 3.14. The quantitative estimate of drug-likeness (QED) is 0.597. The molecule has 0 spiro atoms. The summed E-state index contributed by atoms with van der Waals surface area (Å²) < 4.78 is 14.2. The molecule has 4 rings (SSSR count). The van der Waals surface area contributed by atoms with E-state index in [4.69, 9.17) is 0 Å². The molecule has 1 atom stereocenters. The average molecular weight is 399 g/mol. The van der Waals surface area contributed by atoms with Crippen LogP contribution in [0.25, 0.3) is 10.8 Å². The first-order valence-corrected chi connectivity index (χ1v) is 8.49. The van der Waals surface area contributed by atoms with Crippen LogP contribution < -0.4 is 0 Å². The lowest BCUT2D eigenvalue weighted by Gasteiger charge is -2.23. The summed E-state index contributed by atoms with van der Waals surface area (Å²) in [5, 5.41) is 1.42. The first-order chi connectivity index (χ1) is 12.0. The molecule has 2 aromatic carbocycles. The maximum Gasteiger partial charge on any atom is 0.262 e. The molecule has 0 bridgehead atoms. The Balaban J connectivity index is 1.81. The molecule has 1 aliphatic rings. The Morgan fingerprint density at radius 1 is 1.08 bits per heavy atom. The second-order valence-electron chi connectivity index (χ2n) is 5.89. The van der Waals surface area contributed by atoms with E-state index in [0.29, 0.717) is 26.7 Å². The second kappa shape index (κ2) is 5.74. The number of fused-ring (bicyclic) bond motifs is 2. The minimum atomic E-state index is -0.588. The molecule has 2 amide bonds. The van der Waals surface area contributed by atoms with Gasteiger partial charge >= 0.3 is 0 Å². The van der Waals surface area contributed by atoms with Gasteiger partial charge in [-0.05, 0) is 53.2 Å². The van der Waals surface area contributed by atoms with Crippen LogP contribution in [0.5, 0.6) is 0 Å². The monoisotopic (exact) mass is 398 g/mol. The van der Waals surface area contributed by atoms with Crippen LogP contribution >= 0.6 is 15.9 Å². The van der Waals surface area contributed by atoms with E-state index in [1.54, 1.807) is 43.5 Å². The van der Waals surface area contributed by atoms with Gasteiger partial charge in [-0.15, -0.1) is 0 Å². The summed E-state index contributed by atoms with van der Waals surface area (Å²) in [6, 6.07) is 10.6. The first-order valence-electron chi connectivity index (χ1n) is 7.69. The van der Waals surface area contributed by atoms with Crippen molar-refractivity contribution in [3.05, 3.63) is 75.8 Å². The molecule has 25 heavy (non-hydrogen) atoms. The van der Waals surface area contributed by atoms with Gasteiger partial charge in [0.05, 0.1) is 22.9 Å². The predicted octanol–water partition coefficient (Wildman–Crippen LogP) is 4.49. The van der Waals surface area contributed by atoms with Crippen molar-refractivity contribution in [1.29, 1.82) is 0 Å². The number of hydrogen-bond acceptors (Lipinski definition) is 3. The number of imide groups is 1. The molecule has 3 aromatic rings. The zero-order chi connectivity index (χ0) is 17.7. The van der Waals surface area contributed by atoms with Gasteiger partial charge in [-0.2, -0.15) is 0 Å². The number of rotatable bonds is 2. The maximum absolute atomic E-state index is 13.6. The number of aromatic nitrogens is 1. The highest BCUT2D eigenvalue weighted by Crippen LogP contribution is 2.36. The Labute approximate surface area is 151 Å². The van der Waals surface area contributed by atoms with E-state index in [2.05, 4.69) is 20.9 Å². The molecule has 1 unspecified atom stereocenters. The van der Waals surface area contributed by atoms with E-state index in [1.807, 2.05) is 0 Å². The lowest BCUT2D eigenvalue weighted by atomic mass is 10.1. The van der Waals surface area contributed by atoms with Gasteiger partial charge in [0.1, 0.15) is 5.82 Å². The normalized spacial score (nSPS) is 14.9. The highest BCUT2D eigenvalue weighted by atomic mass is 79.9. The van der Waals surface area contributed by atoms with E-state index in [0.717, 1.165) is 5.39 Å². The lowest BCUT2D eigenvalue weighted by Crippen LogP contribution is -2.33.